The lowest BCUT2D eigenvalue weighted by Gasteiger charge is -2.28. The average molecular weight is 372 g/mol. The van der Waals surface area contributed by atoms with Crippen LogP contribution in [-0.4, -0.2) is 32.1 Å². The monoisotopic (exact) mass is 371 g/mol. The molecule has 2 aromatic carbocycles. The summed E-state index contributed by atoms with van der Waals surface area (Å²) in [5, 5.41) is 0. The summed E-state index contributed by atoms with van der Waals surface area (Å²) >= 11 is 3.41. The number of carbonyl (C=O) groups excluding carboxylic acids is 1. The maximum atomic E-state index is 12.2. The predicted octanol–water partition coefficient (Wildman–Crippen LogP) is 4.18. The van der Waals surface area contributed by atoms with Crippen LogP contribution in [0.4, 0.5) is 5.69 Å². The molecule has 1 aliphatic heterocycles. The Bertz CT molecular complexity index is 704. The molecule has 2 aromatic rings. The van der Waals surface area contributed by atoms with Crippen molar-refractivity contribution in [2.45, 2.75) is 0 Å². The SMILES string of the molecule is O=C(/C=C/c1ccc(N2CCOCC2)cc1)c1ccccc1Br. The number of ether oxygens (including phenoxy) is 1. The van der Waals surface area contributed by atoms with Gasteiger partial charge in [0.25, 0.3) is 0 Å². The van der Waals surface area contributed by atoms with E-state index in [9.17, 15) is 4.79 Å². The number of hydrogen-bond donors (Lipinski definition) is 0. The van der Waals surface area contributed by atoms with Crippen molar-refractivity contribution >= 4 is 33.5 Å². The first-order valence-corrected chi connectivity index (χ1v) is 8.43. The van der Waals surface area contributed by atoms with Crippen LogP contribution in [0.5, 0.6) is 0 Å². The number of carbonyl (C=O) groups is 1. The van der Waals surface area contributed by atoms with E-state index in [-0.39, 0.29) is 5.78 Å². The number of rotatable bonds is 4. The van der Waals surface area contributed by atoms with Crippen LogP contribution in [0.15, 0.2) is 59.1 Å². The fraction of sp³-hybridized carbons (Fsp3) is 0.211. The number of anilines is 1. The molecular weight excluding hydrogens is 354 g/mol. The molecule has 3 nitrogen and oxygen atoms in total. The Hall–Kier alpha value is -1.91. The van der Waals surface area contributed by atoms with Crippen molar-refractivity contribution in [1.29, 1.82) is 0 Å². The van der Waals surface area contributed by atoms with E-state index in [1.54, 1.807) is 6.08 Å². The molecule has 1 fully saturated rings. The number of allylic oxidation sites excluding steroid dienone is 1. The molecule has 0 radical (unpaired) electrons. The first-order chi connectivity index (χ1) is 11.2. The molecule has 0 N–H and O–H groups in total. The number of morpholine rings is 1. The van der Waals surface area contributed by atoms with Crippen LogP contribution in [0, 0.1) is 0 Å². The smallest absolute Gasteiger partial charge is 0.186 e. The van der Waals surface area contributed by atoms with E-state index in [4.69, 9.17) is 4.74 Å². The second-order valence-corrected chi connectivity index (χ2v) is 6.22. The lowest BCUT2D eigenvalue weighted by Crippen LogP contribution is -2.36. The minimum Gasteiger partial charge on any atom is -0.378 e. The summed E-state index contributed by atoms with van der Waals surface area (Å²) in [6, 6.07) is 15.7. The van der Waals surface area contributed by atoms with Gasteiger partial charge in [-0.3, -0.25) is 4.79 Å². The van der Waals surface area contributed by atoms with Gasteiger partial charge in [0.2, 0.25) is 0 Å². The largest absolute Gasteiger partial charge is 0.378 e. The van der Waals surface area contributed by atoms with Crippen LogP contribution in [-0.2, 0) is 4.74 Å². The molecule has 1 heterocycles. The Morgan fingerprint density at radius 1 is 1.04 bits per heavy atom. The maximum absolute atomic E-state index is 12.2. The first-order valence-electron chi connectivity index (χ1n) is 7.64. The fourth-order valence-corrected chi connectivity index (χ4v) is 3.02. The van der Waals surface area contributed by atoms with E-state index in [1.165, 1.54) is 5.69 Å². The van der Waals surface area contributed by atoms with Gasteiger partial charge in [-0.05, 0) is 35.9 Å². The van der Waals surface area contributed by atoms with E-state index in [2.05, 4.69) is 33.0 Å². The van der Waals surface area contributed by atoms with Gasteiger partial charge in [-0.2, -0.15) is 0 Å². The zero-order valence-corrected chi connectivity index (χ0v) is 14.3. The molecule has 0 spiro atoms. The number of hydrogen-bond acceptors (Lipinski definition) is 3. The number of benzene rings is 2. The predicted molar refractivity (Wildman–Crippen MR) is 97.0 cm³/mol. The number of nitrogens with zero attached hydrogens (tertiary/aromatic N) is 1. The highest BCUT2D eigenvalue weighted by Gasteiger charge is 2.10. The van der Waals surface area contributed by atoms with E-state index >= 15 is 0 Å². The number of ketones is 1. The van der Waals surface area contributed by atoms with Crippen molar-refractivity contribution in [2.24, 2.45) is 0 Å². The quantitative estimate of drug-likeness (QED) is 0.596. The van der Waals surface area contributed by atoms with E-state index in [0.717, 1.165) is 36.3 Å². The summed E-state index contributed by atoms with van der Waals surface area (Å²) in [6.07, 6.45) is 3.47. The molecule has 0 aliphatic carbocycles. The van der Waals surface area contributed by atoms with Gasteiger partial charge in [0.1, 0.15) is 0 Å². The second kappa shape index (κ2) is 7.57. The molecule has 0 atom stereocenters. The fourth-order valence-electron chi connectivity index (χ4n) is 2.54. The summed E-state index contributed by atoms with van der Waals surface area (Å²) in [5.74, 6) is -0.00488. The van der Waals surface area contributed by atoms with Gasteiger partial charge < -0.3 is 9.64 Å². The standard InChI is InChI=1S/C19H18BrNO2/c20-18-4-2-1-3-17(18)19(22)10-7-15-5-8-16(9-6-15)21-11-13-23-14-12-21/h1-10H,11-14H2/b10-7+. The van der Waals surface area contributed by atoms with Gasteiger partial charge in [0, 0.05) is 28.8 Å². The number of halogens is 1. The van der Waals surface area contributed by atoms with E-state index in [1.807, 2.05) is 42.5 Å². The third kappa shape index (κ3) is 4.09. The zero-order valence-electron chi connectivity index (χ0n) is 12.7. The van der Waals surface area contributed by atoms with Gasteiger partial charge in [-0.25, -0.2) is 0 Å². The normalized spacial score (nSPS) is 15.1. The van der Waals surface area contributed by atoms with Crippen LogP contribution < -0.4 is 4.90 Å². The maximum Gasteiger partial charge on any atom is 0.186 e. The molecule has 0 saturated carbocycles. The van der Waals surface area contributed by atoms with Crippen LogP contribution in [0.2, 0.25) is 0 Å². The second-order valence-electron chi connectivity index (χ2n) is 5.37. The summed E-state index contributed by atoms with van der Waals surface area (Å²) in [5.41, 5.74) is 2.89. The molecule has 0 bridgehead atoms. The van der Waals surface area contributed by atoms with Crippen molar-refractivity contribution in [3.8, 4) is 0 Å². The van der Waals surface area contributed by atoms with Crippen molar-refractivity contribution in [1.82, 2.24) is 0 Å². The lowest BCUT2D eigenvalue weighted by atomic mass is 10.1. The summed E-state index contributed by atoms with van der Waals surface area (Å²) in [6.45, 7) is 3.41. The Labute approximate surface area is 144 Å². The Balaban J connectivity index is 1.68. The highest BCUT2D eigenvalue weighted by Crippen LogP contribution is 2.19. The Morgan fingerprint density at radius 3 is 2.43 bits per heavy atom. The van der Waals surface area contributed by atoms with Gasteiger partial charge in [-0.1, -0.05) is 46.3 Å². The molecule has 3 rings (SSSR count). The highest BCUT2D eigenvalue weighted by molar-refractivity contribution is 9.10. The molecule has 1 saturated heterocycles. The molecule has 0 aromatic heterocycles. The molecule has 0 unspecified atom stereocenters. The van der Waals surface area contributed by atoms with Gasteiger partial charge in [0.15, 0.2) is 5.78 Å². The molecule has 4 heteroatoms. The van der Waals surface area contributed by atoms with Crippen molar-refractivity contribution < 1.29 is 9.53 Å². The zero-order chi connectivity index (χ0) is 16.1. The van der Waals surface area contributed by atoms with Crippen molar-refractivity contribution in [3.05, 3.63) is 70.2 Å². The molecule has 23 heavy (non-hydrogen) atoms. The van der Waals surface area contributed by atoms with Crippen LogP contribution in [0.3, 0.4) is 0 Å². The van der Waals surface area contributed by atoms with E-state index in [0.29, 0.717) is 5.56 Å². The molecule has 118 valence electrons. The summed E-state index contributed by atoms with van der Waals surface area (Å²) in [4.78, 5) is 14.5. The lowest BCUT2D eigenvalue weighted by molar-refractivity contribution is 0.104. The van der Waals surface area contributed by atoms with Crippen LogP contribution in [0.25, 0.3) is 6.08 Å². The van der Waals surface area contributed by atoms with Crippen LogP contribution in [0.1, 0.15) is 15.9 Å². The Morgan fingerprint density at radius 2 is 1.74 bits per heavy atom. The van der Waals surface area contributed by atoms with Crippen molar-refractivity contribution in [2.75, 3.05) is 31.2 Å². The summed E-state index contributed by atoms with van der Waals surface area (Å²) < 4.78 is 6.18. The first kappa shape index (κ1) is 16.0. The van der Waals surface area contributed by atoms with Crippen LogP contribution >= 0.6 is 15.9 Å². The molecule has 1 aliphatic rings. The van der Waals surface area contributed by atoms with E-state index < -0.39 is 0 Å². The summed E-state index contributed by atoms with van der Waals surface area (Å²) in [7, 11) is 0. The topological polar surface area (TPSA) is 29.5 Å². The van der Waals surface area contributed by atoms with Gasteiger partial charge >= 0.3 is 0 Å². The third-order valence-corrected chi connectivity index (χ3v) is 4.53. The average Bonchev–Trinajstić information content (AvgIpc) is 2.61. The Kier molecular flexibility index (Phi) is 5.26. The minimum atomic E-state index is -0.00488. The highest BCUT2D eigenvalue weighted by atomic mass is 79.9. The third-order valence-electron chi connectivity index (χ3n) is 3.84. The van der Waals surface area contributed by atoms with Gasteiger partial charge in [0.05, 0.1) is 13.2 Å². The van der Waals surface area contributed by atoms with Gasteiger partial charge in [-0.15, -0.1) is 0 Å². The van der Waals surface area contributed by atoms with Crippen molar-refractivity contribution in [3.63, 3.8) is 0 Å². The molecular formula is C19H18BrNO2. The molecule has 0 amide bonds. The minimum absolute atomic E-state index is 0.00488.